The Morgan fingerprint density at radius 2 is 2.11 bits per heavy atom. The van der Waals surface area contributed by atoms with Crippen molar-refractivity contribution < 1.29 is 8.78 Å². The lowest BCUT2D eigenvalue weighted by atomic mass is 10.2. The van der Waals surface area contributed by atoms with E-state index in [1.165, 1.54) is 23.1 Å². The lowest BCUT2D eigenvalue weighted by Gasteiger charge is -2.21. The molecule has 5 nitrogen and oxygen atoms in total. The van der Waals surface area contributed by atoms with Crippen LogP contribution in [-0.4, -0.2) is 37.1 Å². The van der Waals surface area contributed by atoms with Gasteiger partial charge in [0.2, 0.25) is 0 Å². The first-order chi connectivity index (χ1) is 12.6. The zero-order valence-electron chi connectivity index (χ0n) is 15.3. The molecule has 148 valence electrons. The van der Waals surface area contributed by atoms with Gasteiger partial charge in [-0.25, -0.2) is 13.8 Å². The lowest BCUT2D eigenvalue weighted by molar-refractivity contribution is 0.576. The molecule has 27 heavy (non-hydrogen) atoms. The van der Waals surface area contributed by atoms with E-state index in [2.05, 4.69) is 27.5 Å². The number of rotatable bonds is 5. The van der Waals surface area contributed by atoms with Gasteiger partial charge in [-0.05, 0) is 25.0 Å². The summed E-state index contributed by atoms with van der Waals surface area (Å²) in [7, 11) is 1.71. The van der Waals surface area contributed by atoms with Crippen molar-refractivity contribution in [1.82, 2.24) is 15.6 Å². The van der Waals surface area contributed by atoms with Gasteiger partial charge in [0, 0.05) is 37.3 Å². The lowest BCUT2D eigenvalue weighted by Crippen LogP contribution is -2.44. The summed E-state index contributed by atoms with van der Waals surface area (Å²) < 4.78 is 27.9. The maximum atomic E-state index is 14.0. The average molecular weight is 507 g/mol. The van der Waals surface area contributed by atoms with Crippen molar-refractivity contribution in [3.8, 4) is 0 Å². The van der Waals surface area contributed by atoms with Crippen molar-refractivity contribution >= 4 is 47.0 Å². The number of para-hydroxylation sites is 1. The van der Waals surface area contributed by atoms with E-state index in [0.717, 1.165) is 17.8 Å². The van der Waals surface area contributed by atoms with E-state index in [4.69, 9.17) is 0 Å². The van der Waals surface area contributed by atoms with Gasteiger partial charge in [0.15, 0.2) is 5.96 Å². The topological polar surface area (TPSA) is 52.6 Å². The molecule has 1 aromatic heterocycles. The van der Waals surface area contributed by atoms with Gasteiger partial charge >= 0.3 is 0 Å². The summed E-state index contributed by atoms with van der Waals surface area (Å²) in [4.78, 5) is 11.6. The number of aromatic nitrogens is 1. The van der Waals surface area contributed by atoms with Crippen molar-refractivity contribution in [3.05, 3.63) is 45.9 Å². The average Bonchev–Trinajstić information content (AvgIpc) is 3.28. The summed E-state index contributed by atoms with van der Waals surface area (Å²) in [6.07, 6.45) is 3.66. The number of hydrogen-bond donors (Lipinski definition) is 2. The van der Waals surface area contributed by atoms with E-state index in [-0.39, 0.29) is 35.7 Å². The van der Waals surface area contributed by atoms with Crippen LogP contribution in [0.4, 0.5) is 14.5 Å². The molecule has 9 heteroatoms. The first-order valence-electron chi connectivity index (χ1n) is 8.70. The second-order valence-electron chi connectivity index (χ2n) is 6.15. The van der Waals surface area contributed by atoms with Crippen LogP contribution in [0, 0.1) is 11.6 Å². The first kappa shape index (κ1) is 21.8. The standard InChI is InChI=1S/C18H23F2N5S.HI/c1-3-13-9-22-16(26-13)10-23-18(21-2)24-12-7-8-25(11-12)17-14(19)5-4-6-15(17)20;/h4-6,9,12H,3,7-8,10-11H2,1-2H3,(H2,21,23,24);1H. The van der Waals surface area contributed by atoms with Crippen LogP contribution in [0.2, 0.25) is 0 Å². The Hall–Kier alpha value is -1.49. The highest BCUT2D eigenvalue weighted by atomic mass is 127. The third kappa shape index (κ3) is 5.50. The van der Waals surface area contributed by atoms with E-state index in [1.807, 2.05) is 6.20 Å². The molecule has 3 rings (SSSR count). The first-order valence-corrected chi connectivity index (χ1v) is 9.52. The van der Waals surface area contributed by atoms with Crippen molar-refractivity contribution in [2.45, 2.75) is 32.4 Å². The molecule has 2 N–H and O–H groups in total. The summed E-state index contributed by atoms with van der Waals surface area (Å²) in [6.45, 7) is 3.83. The minimum Gasteiger partial charge on any atom is -0.365 e. The highest BCUT2D eigenvalue weighted by Gasteiger charge is 2.27. The number of nitrogens with one attached hydrogen (secondary N) is 2. The molecule has 0 amide bonds. The monoisotopic (exact) mass is 507 g/mol. The molecule has 0 spiro atoms. The summed E-state index contributed by atoms with van der Waals surface area (Å²) in [6, 6.07) is 4.04. The third-order valence-corrected chi connectivity index (χ3v) is 5.51. The van der Waals surface area contributed by atoms with Crippen LogP contribution in [0.15, 0.2) is 29.4 Å². The normalized spacial score (nSPS) is 17.0. The summed E-state index contributed by atoms with van der Waals surface area (Å²) >= 11 is 1.68. The van der Waals surface area contributed by atoms with Crippen molar-refractivity contribution in [1.29, 1.82) is 0 Å². The van der Waals surface area contributed by atoms with E-state index in [1.54, 1.807) is 23.3 Å². The Balaban J connectivity index is 0.00000261. The molecule has 0 aliphatic carbocycles. The van der Waals surface area contributed by atoms with Crippen LogP contribution in [0.1, 0.15) is 23.2 Å². The zero-order valence-corrected chi connectivity index (χ0v) is 18.5. The number of aryl methyl sites for hydroxylation is 1. The molecule has 1 aromatic carbocycles. The number of aliphatic imine (C=N–C) groups is 1. The summed E-state index contributed by atoms with van der Waals surface area (Å²) in [5.41, 5.74) is 0.0506. The van der Waals surface area contributed by atoms with E-state index in [9.17, 15) is 8.78 Å². The molecule has 2 aromatic rings. The van der Waals surface area contributed by atoms with Gasteiger partial charge in [-0.15, -0.1) is 35.3 Å². The van der Waals surface area contributed by atoms with Crippen LogP contribution in [0.3, 0.4) is 0 Å². The molecule has 1 atom stereocenters. The minimum absolute atomic E-state index is 0. The molecular formula is C18H24F2IN5S. The SMILES string of the molecule is CCc1cnc(CNC(=NC)NC2CCN(c3c(F)cccc3F)C2)s1.I. The van der Waals surface area contributed by atoms with Crippen molar-refractivity contribution in [2.75, 3.05) is 25.0 Å². The van der Waals surface area contributed by atoms with Gasteiger partial charge in [-0.2, -0.15) is 0 Å². The maximum Gasteiger partial charge on any atom is 0.191 e. The number of guanidine groups is 1. The smallest absolute Gasteiger partial charge is 0.191 e. The van der Waals surface area contributed by atoms with E-state index >= 15 is 0 Å². The highest BCUT2D eigenvalue weighted by Crippen LogP contribution is 2.26. The van der Waals surface area contributed by atoms with Crippen LogP contribution in [0.5, 0.6) is 0 Å². The Labute approximate surface area is 179 Å². The predicted octanol–water partition coefficient (Wildman–Crippen LogP) is 3.55. The number of halogens is 3. The fourth-order valence-electron chi connectivity index (χ4n) is 3.01. The number of hydrogen-bond acceptors (Lipinski definition) is 4. The number of thiazole rings is 1. The van der Waals surface area contributed by atoms with E-state index < -0.39 is 11.6 Å². The molecule has 1 saturated heterocycles. The van der Waals surface area contributed by atoms with Gasteiger partial charge in [0.1, 0.15) is 22.3 Å². The second kappa shape index (κ2) is 10.2. The molecule has 1 aliphatic rings. The molecule has 2 heterocycles. The van der Waals surface area contributed by atoms with Crippen LogP contribution in [-0.2, 0) is 13.0 Å². The minimum atomic E-state index is -0.524. The number of benzene rings is 1. The quantitative estimate of drug-likeness (QED) is 0.370. The van der Waals surface area contributed by atoms with Gasteiger partial charge in [0.25, 0.3) is 0 Å². The molecular weight excluding hydrogens is 483 g/mol. The molecule has 1 unspecified atom stereocenters. The van der Waals surface area contributed by atoms with Crippen molar-refractivity contribution in [3.63, 3.8) is 0 Å². The molecule has 1 aliphatic heterocycles. The third-order valence-electron chi connectivity index (χ3n) is 4.36. The van der Waals surface area contributed by atoms with Gasteiger partial charge in [0.05, 0.1) is 6.54 Å². The second-order valence-corrected chi connectivity index (χ2v) is 7.35. The summed E-state index contributed by atoms with van der Waals surface area (Å²) in [5.74, 6) is -0.383. The Morgan fingerprint density at radius 3 is 2.74 bits per heavy atom. The number of anilines is 1. The fourth-order valence-corrected chi connectivity index (χ4v) is 3.81. The molecule has 0 bridgehead atoms. The Kier molecular flexibility index (Phi) is 8.21. The number of nitrogens with zero attached hydrogens (tertiary/aromatic N) is 3. The van der Waals surface area contributed by atoms with E-state index in [0.29, 0.717) is 25.6 Å². The molecule has 0 saturated carbocycles. The zero-order chi connectivity index (χ0) is 18.5. The summed E-state index contributed by atoms with van der Waals surface area (Å²) in [5, 5.41) is 7.58. The van der Waals surface area contributed by atoms with Gasteiger partial charge in [-0.1, -0.05) is 13.0 Å². The largest absolute Gasteiger partial charge is 0.365 e. The van der Waals surface area contributed by atoms with Gasteiger partial charge < -0.3 is 15.5 Å². The van der Waals surface area contributed by atoms with Crippen molar-refractivity contribution in [2.24, 2.45) is 4.99 Å². The maximum absolute atomic E-state index is 14.0. The molecule has 0 radical (unpaired) electrons. The Bertz CT molecular complexity index is 763. The molecule has 1 fully saturated rings. The Morgan fingerprint density at radius 1 is 1.37 bits per heavy atom. The van der Waals surface area contributed by atoms with Crippen LogP contribution >= 0.6 is 35.3 Å². The van der Waals surface area contributed by atoms with Gasteiger partial charge in [-0.3, -0.25) is 4.99 Å². The van der Waals surface area contributed by atoms with Crippen LogP contribution in [0.25, 0.3) is 0 Å². The highest BCUT2D eigenvalue weighted by molar-refractivity contribution is 14.0. The van der Waals surface area contributed by atoms with Crippen LogP contribution < -0.4 is 15.5 Å². The predicted molar refractivity (Wildman–Crippen MR) is 117 cm³/mol. The fraction of sp³-hybridized carbons (Fsp3) is 0.444.